The molecular formula is C58H88O6. The maximum Gasteiger partial charge on any atom is 0.306 e. The van der Waals surface area contributed by atoms with E-state index in [-0.39, 0.29) is 50.4 Å². The average Bonchev–Trinajstić information content (AvgIpc) is 3.29. The van der Waals surface area contributed by atoms with Crippen LogP contribution in [0.25, 0.3) is 0 Å². The zero-order chi connectivity index (χ0) is 46.5. The molecule has 0 saturated carbocycles. The second-order valence-corrected chi connectivity index (χ2v) is 15.7. The highest BCUT2D eigenvalue weighted by atomic mass is 16.6. The Hall–Kier alpha value is -4.71. The molecule has 0 heterocycles. The Kier molecular flexibility index (Phi) is 47.2. The molecule has 0 aromatic heterocycles. The Morgan fingerprint density at radius 1 is 0.344 bits per heavy atom. The van der Waals surface area contributed by atoms with Gasteiger partial charge in [0.15, 0.2) is 6.10 Å². The first kappa shape index (κ1) is 59.3. The van der Waals surface area contributed by atoms with E-state index in [2.05, 4.69) is 112 Å². The van der Waals surface area contributed by atoms with E-state index in [1.165, 1.54) is 38.5 Å². The van der Waals surface area contributed by atoms with Crippen LogP contribution in [0.3, 0.4) is 0 Å². The van der Waals surface area contributed by atoms with Crippen molar-refractivity contribution in [2.24, 2.45) is 0 Å². The second kappa shape index (κ2) is 50.9. The quantitative estimate of drug-likeness (QED) is 0.0200. The van der Waals surface area contributed by atoms with Gasteiger partial charge in [-0.05, 0) is 103 Å². The van der Waals surface area contributed by atoms with Gasteiger partial charge in [-0.25, -0.2) is 0 Å². The fraction of sp³-hybridized carbons (Fsp3) is 0.534. The van der Waals surface area contributed by atoms with Crippen LogP contribution >= 0.6 is 0 Å². The van der Waals surface area contributed by atoms with Gasteiger partial charge in [0.25, 0.3) is 0 Å². The van der Waals surface area contributed by atoms with Gasteiger partial charge >= 0.3 is 17.9 Å². The zero-order valence-electron chi connectivity index (χ0n) is 40.5. The van der Waals surface area contributed by atoms with Crippen LogP contribution in [0.1, 0.15) is 181 Å². The van der Waals surface area contributed by atoms with E-state index in [1.54, 1.807) is 0 Å². The summed E-state index contributed by atoms with van der Waals surface area (Å²) in [6.07, 6.45) is 72.7. The minimum atomic E-state index is -0.842. The molecule has 0 bridgehead atoms. The number of hydrogen-bond acceptors (Lipinski definition) is 6. The second-order valence-electron chi connectivity index (χ2n) is 15.7. The summed E-state index contributed by atoms with van der Waals surface area (Å²) in [5.41, 5.74) is 0. The van der Waals surface area contributed by atoms with Crippen molar-refractivity contribution in [3.05, 3.63) is 146 Å². The molecule has 0 fully saturated rings. The molecule has 356 valence electrons. The number of carbonyl (C=O) groups is 3. The van der Waals surface area contributed by atoms with Crippen molar-refractivity contribution in [1.29, 1.82) is 0 Å². The van der Waals surface area contributed by atoms with Crippen molar-refractivity contribution >= 4 is 17.9 Å². The lowest BCUT2D eigenvalue weighted by Crippen LogP contribution is -2.30. The lowest BCUT2D eigenvalue weighted by Gasteiger charge is -2.18. The highest BCUT2D eigenvalue weighted by Crippen LogP contribution is 2.12. The summed E-state index contributed by atoms with van der Waals surface area (Å²) in [6, 6.07) is 0. The van der Waals surface area contributed by atoms with Crippen LogP contribution in [-0.4, -0.2) is 37.2 Å². The van der Waals surface area contributed by atoms with Crippen LogP contribution in [0.4, 0.5) is 0 Å². The maximum atomic E-state index is 12.8. The van der Waals surface area contributed by atoms with Crippen LogP contribution in [0, 0.1) is 0 Å². The van der Waals surface area contributed by atoms with Crippen molar-refractivity contribution in [3.63, 3.8) is 0 Å². The van der Waals surface area contributed by atoms with Gasteiger partial charge in [-0.3, -0.25) is 14.4 Å². The first-order chi connectivity index (χ1) is 31.5. The molecule has 64 heavy (non-hydrogen) atoms. The van der Waals surface area contributed by atoms with Crippen molar-refractivity contribution in [2.75, 3.05) is 13.2 Å². The van der Waals surface area contributed by atoms with Crippen LogP contribution in [-0.2, 0) is 28.6 Å². The van der Waals surface area contributed by atoms with E-state index in [4.69, 9.17) is 14.2 Å². The molecule has 0 aromatic carbocycles. The molecule has 0 saturated heterocycles. The zero-order valence-corrected chi connectivity index (χ0v) is 40.5. The fourth-order valence-corrected chi connectivity index (χ4v) is 6.01. The fourth-order valence-electron chi connectivity index (χ4n) is 6.01. The molecule has 0 radical (unpaired) electrons. The molecule has 0 rings (SSSR count). The average molecular weight is 881 g/mol. The summed E-state index contributed by atoms with van der Waals surface area (Å²) in [6.45, 7) is 6.20. The van der Waals surface area contributed by atoms with Gasteiger partial charge in [0, 0.05) is 19.3 Å². The summed E-state index contributed by atoms with van der Waals surface area (Å²) < 4.78 is 16.6. The van der Waals surface area contributed by atoms with Gasteiger partial charge in [0.05, 0.1) is 0 Å². The molecule has 0 aliphatic carbocycles. The minimum absolute atomic E-state index is 0.141. The summed E-state index contributed by atoms with van der Waals surface area (Å²) in [5.74, 6) is -1.09. The lowest BCUT2D eigenvalue weighted by molar-refractivity contribution is -0.167. The third-order valence-corrected chi connectivity index (χ3v) is 9.69. The molecule has 0 aliphatic rings. The molecule has 0 amide bonds. The van der Waals surface area contributed by atoms with Crippen LogP contribution in [0.5, 0.6) is 0 Å². The number of unbranched alkanes of at least 4 members (excludes halogenated alkanes) is 11. The first-order valence-corrected chi connectivity index (χ1v) is 24.9. The van der Waals surface area contributed by atoms with Crippen molar-refractivity contribution < 1.29 is 28.6 Å². The molecule has 0 N–H and O–H groups in total. The smallest absolute Gasteiger partial charge is 0.306 e. The Morgan fingerprint density at radius 2 is 0.703 bits per heavy atom. The molecule has 0 aromatic rings. The van der Waals surface area contributed by atoms with Crippen molar-refractivity contribution in [3.8, 4) is 0 Å². The Morgan fingerprint density at radius 3 is 1.19 bits per heavy atom. The van der Waals surface area contributed by atoms with Crippen LogP contribution < -0.4 is 0 Å². The van der Waals surface area contributed by atoms with Crippen molar-refractivity contribution in [2.45, 2.75) is 187 Å². The molecule has 0 spiro atoms. The van der Waals surface area contributed by atoms with Gasteiger partial charge in [0.2, 0.25) is 0 Å². The summed E-state index contributed by atoms with van der Waals surface area (Å²) >= 11 is 0. The van der Waals surface area contributed by atoms with Crippen LogP contribution in [0.15, 0.2) is 146 Å². The highest BCUT2D eigenvalue weighted by Gasteiger charge is 2.19. The number of rotatable bonds is 42. The monoisotopic (exact) mass is 881 g/mol. The summed E-state index contributed by atoms with van der Waals surface area (Å²) in [4.78, 5) is 37.9. The minimum Gasteiger partial charge on any atom is -0.462 e. The number of ether oxygens (including phenoxy) is 3. The predicted octanol–water partition coefficient (Wildman–Crippen LogP) is 16.5. The predicted molar refractivity (Wildman–Crippen MR) is 274 cm³/mol. The molecule has 6 heteroatoms. The summed E-state index contributed by atoms with van der Waals surface area (Å²) in [7, 11) is 0. The normalized spacial score (nSPS) is 13.4. The number of allylic oxidation sites excluding steroid dienone is 24. The van der Waals surface area contributed by atoms with Gasteiger partial charge in [-0.2, -0.15) is 0 Å². The van der Waals surface area contributed by atoms with E-state index in [1.807, 2.05) is 54.7 Å². The van der Waals surface area contributed by atoms with Crippen molar-refractivity contribution in [1.82, 2.24) is 0 Å². The number of carbonyl (C=O) groups excluding carboxylic acids is 3. The van der Waals surface area contributed by atoms with Gasteiger partial charge in [0.1, 0.15) is 13.2 Å². The van der Waals surface area contributed by atoms with Gasteiger partial charge in [-0.15, -0.1) is 0 Å². The van der Waals surface area contributed by atoms with E-state index in [0.717, 1.165) is 89.9 Å². The highest BCUT2D eigenvalue weighted by molar-refractivity contribution is 5.71. The van der Waals surface area contributed by atoms with E-state index in [9.17, 15) is 14.4 Å². The molecule has 1 unspecified atom stereocenters. The van der Waals surface area contributed by atoms with Crippen LogP contribution in [0.2, 0.25) is 0 Å². The standard InChI is InChI=1S/C58H88O6/c1-4-7-10-13-16-19-22-25-27-29-31-33-36-39-42-45-48-51-57(60)63-54-55(53-62-56(59)50-47-44-41-38-35-32-24-21-18-15-12-9-6-3)64-58(61)52-49-46-43-40-37-34-30-28-26-23-20-17-14-11-8-5-2/h8-9,11-12,15-21,24-28,31-33,35,38-39,41-42,55H,4-7,10,13-14,22-23,29-30,34,36-37,40,43-54H2,1-3H3/b11-8-,12-9-,18-15-,19-16-,20-17-,24-21-,27-25-,28-26-,33-31-,35-32-,41-38-,42-39-. The van der Waals surface area contributed by atoms with Gasteiger partial charge in [-0.1, -0.05) is 205 Å². The molecule has 6 nitrogen and oxygen atoms in total. The van der Waals surface area contributed by atoms with E-state index < -0.39 is 6.10 Å². The molecule has 1 atom stereocenters. The Labute approximate surface area is 391 Å². The topological polar surface area (TPSA) is 78.9 Å². The lowest BCUT2D eigenvalue weighted by atomic mass is 10.1. The third kappa shape index (κ3) is 48.3. The number of hydrogen-bond donors (Lipinski definition) is 0. The summed E-state index contributed by atoms with van der Waals surface area (Å²) in [5, 5.41) is 0. The van der Waals surface area contributed by atoms with E-state index in [0.29, 0.717) is 12.8 Å². The Balaban J connectivity index is 4.62. The third-order valence-electron chi connectivity index (χ3n) is 9.69. The van der Waals surface area contributed by atoms with Gasteiger partial charge < -0.3 is 14.2 Å². The largest absolute Gasteiger partial charge is 0.462 e. The Bertz CT molecular complexity index is 1480. The molecular weight excluding hydrogens is 793 g/mol. The molecule has 0 aliphatic heterocycles. The first-order valence-electron chi connectivity index (χ1n) is 24.9. The van der Waals surface area contributed by atoms with E-state index >= 15 is 0 Å². The SMILES string of the molecule is CC\C=C/C=C\C=C/C=C\C=C/CCCC(=O)OCC(COC(=O)CCC/C=C\C/C=C\C/C=C\C/C=C\CCCCC)OC(=O)CCCCCCCC/C=C\C/C=C\C/C=C\CC. The number of esters is 3. The maximum absolute atomic E-state index is 12.8.